The zero-order chi connectivity index (χ0) is 20.5. The number of aliphatic hydroxyl groups is 1. The normalized spacial score (nSPS) is 35.0. The van der Waals surface area contributed by atoms with Gasteiger partial charge in [0.05, 0.1) is 11.0 Å². The second-order valence-electron chi connectivity index (χ2n) is 10.4. The zero-order valence-corrected chi connectivity index (χ0v) is 17.3. The minimum atomic E-state index is -0.948. The summed E-state index contributed by atoms with van der Waals surface area (Å²) in [4.78, 5) is 2.56. The van der Waals surface area contributed by atoms with Crippen molar-refractivity contribution in [1.29, 1.82) is 0 Å². The van der Waals surface area contributed by atoms with Crippen LogP contribution in [0.15, 0.2) is 40.8 Å². The molecule has 1 saturated carbocycles. The minimum absolute atomic E-state index is 0.0535. The maximum absolute atomic E-state index is 12.7. The molecule has 2 N–H and O–H groups in total. The quantitative estimate of drug-likeness (QED) is 0.666. The Kier molecular flexibility index (Phi) is 2.91. The Bertz CT molecular complexity index is 1280. The van der Waals surface area contributed by atoms with Gasteiger partial charge in [0, 0.05) is 35.5 Å². The van der Waals surface area contributed by atoms with Gasteiger partial charge < -0.3 is 19.4 Å². The van der Waals surface area contributed by atoms with Crippen molar-refractivity contribution in [2.24, 2.45) is 5.92 Å². The molecule has 1 saturated heterocycles. The smallest absolute Gasteiger partial charge is 0.169 e. The number of furan rings is 1. The maximum Gasteiger partial charge on any atom is 0.169 e. The van der Waals surface area contributed by atoms with Crippen LogP contribution in [-0.2, 0) is 18.3 Å². The lowest BCUT2D eigenvalue weighted by molar-refractivity contribution is -0.175. The molecule has 5 aliphatic rings. The average molecular weight is 415 g/mol. The molecule has 2 aliphatic heterocycles. The third-order valence-corrected chi connectivity index (χ3v) is 8.93. The Morgan fingerprint density at radius 1 is 1.13 bits per heavy atom. The van der Waals surface area contributed by atoms with Crippen molar-refractivity contribution in [1.82, 2.24) is 4.90 Å². The average Bonchev–Trinajstić information content (AvgIpc) is 3.40. The Labute approximate surface area is 180 Å². The molecule has 3 aromatic rings. The molecular weight excluding hydrogens is 390 g/mol. The van der Waals surface area contributed by atoms with E-state index < -0.39 is 17.1 Å². The number of rotatable bonds is 2. The van der Waals surface area contributed by atoms with Gasteiger partial charge in [-0.2, -0.15) is 0 Å². The van der Waals surface area contributed by atoms with E-state index in [4.69, 9.17) is 9.15 Å². The number of para-hydroxylation sites is 1. The summed E-state index contributed by atoms with van der Waals surface area (Å²) in [6, 6.07) is 12.0. The molecule has 1 spiro atoms. The number of ether oxygens (including phenoxy) is 1. The maximum atomic E-state index is 12.7. The van der Waals surface area contributed by atoms with Gasteiger partial charge in [-0.05, 0) is 55.8 Å². The fourth-order valence-corrected chi connectivity index (χ4v) is 7.42. The van der Waals surface area contributed by atoms with Crippen LogP contribution in [0.25, 0.3) is 11.0 Å². The summed E-state index contributed by atoms with van der Waals surface area (Å²) in [5.74, 6) is 2.34. The van der Waals surface area contributed by atoms with Gasteiger partial charge in [0.2, 0.25) is 0 Å². The van der Waals surface area contributed by atoms with Crippen molar-refractivity contribution < 1.29 is 19.4 Å². The zero-order valence-electron chi connectivity index (χ0n) is 17.3. The first kappa shape index (κ1) is 17.1. The van der Waals surface area contributed by atoms with Gasteiger partial charge in [0.25, 0.3) is 0 Å². The fourth-order valence-electron chi connectivity index (χ4n) is 7.42. The lowest BCUT2D eigenvalue weighted by Gasteiger charge is -2.62. The van der Waals surface area contributed by atoms with Crippen LogP contribution in [0.4, 0.5) is 0 Å². The third-order valence-electron chi connectivity index (χ3n) is 8.93. The number of nitrogens with zero attached hydrogens (tertiary/aromatic N) is 1. The summed E-state index contributed by atoms with van der Waals surface area (Å²) in [7, 11) is 0. The molecule has 5 nitrogen and oxygen atoms in total. The second kappa shape index (κ2) is 5.28. The van der Waals surface area contributed by atoms with E-state index in [1.54, 1.807) is 6.07 Å². The minimum Gasteiger partial charge on any atom is -0.504 e. The lowest BCUT2D eigenvalue weighted by Crippen LogP contribution is -2.74. The van der Waals surface area contributed by atoms with E-state index in [0.717, 1.165) is 59.7 Å². The number of piperidine rings is 1. The highest BCUT2D eigenvalue weighted by molar-refractivity contribution is 5.84. The van der Waals surface area contributed by atoms with Gasteiger partial charge in [-0.25, -0.2) is 0 Å². The molecule has 2 bridgehead atoms. The van der Waals surface area contributed by atoms with Crippen LogP contribution in [0.2, 0.25) is 0 Å². The highest BCUT2D eigenvalue weighted by Gasteiger charge is 2.73. The van der Waals surface area contributed by atoms with Crippen LogP contribution in [0.3, 0.4) is 0 Å². The highest BCUT2D eigenvalue weighted by Crippen LogP contribution is 2.69. The molecule has 31 heavy (non-hydrogen) atoms. The number of likely N-dealkylation sites (tertiary alicyclic amines) is 1. The number of phenolic OH excluding ortho intramolecular Hbond substituents is 1. The third kappa shape index (κ3) is 1.84. The molecule has 3 aliphatic carbocycles. The molecular formula is C26H25NO4. The molecule has 158 valence electrons. The summed E-state index contributed by atoms with van der Waals surface area (Å²) < 4.78 is 12.9. The lowest BCUT2D eigenvalue weighted by atomic mass is 9.49. The number of phenols is 1. The van der Waals surface area contributed by atoms with Crippen LogP contribution < -0.4 is 4.74 Å². The second-order valence-corrected chi connectivity index (χ2v) is 10.4. The van der Waals surface area contributed by atoms with Crippen molar-refractivity contribution in [2.75, 3.05) is 13.1 Å². The van der Waals surface area contributed by atoms with Gasteiger partial charge in [-0.1, -0.05) is 24.3 Å². The van der Waals surface area contributed by atoms with Crippen LogP contribution in [0.1, 0.15) is 47.8 Å². The topological polar surface area (TPSA) is 66.1 Å². The van der Waals surface area contributed by atoms with Crippen LogP contribution in [-0.4, -0.2) is 39.8 Å². The summed E-state index contributed by atoms with van der Waals surface area (Å²) in [5.41, 5.74) is 2.65. The fraction of sp³-hybridized carbons (Fsp3) is 0.462. The van der Waals surface area contributed by atoms with E-state index in [2.05, 4.69) is 11.0 Å². The predicted octanol–water partition coefficient (Wildman–Crippen LogP) is 3.84. The largest absolute Gasteiger partial charge is 0.504 e. The van der Waals surface area contributed by atoms with Crippen LogP contribution in [0, 0.1) is 5.92 Å². The predicted molar refractivity (Wildman–Crippen MR) is 114 cm³/mol. The Morgan fingerprint density at radius 2 is 2.00 bits per heavy atom. The van der Waals surface area contributed by atoms with Crippen LogP contribution >= 0.6 is 0 Å². The van der Waals surface area contributed by atoms with Crippen molar-refractivity contribution in [3.05, 3.63) is 58.8 Å². The number of fused-ring (bicyclic) bond motifs is 4. The Balaban J connectivity index is 1.43. The number of aromatic hydroxyl groups is 1. The molecule has 5 heteroatoms. The molecule has 2 fully saturated rings. The molecule has 4 atom stereocenters. The number of hydrogen-bond acceptors (Lipinski definition) is 5. The van der Waals surface area contributed by atoms with Crippen molar-refractivity contribution in [3.63, 3.8) is 0 Å². The molecule has 0 amide bonds. The first-order valence-corrected chi connectivity index (χ1v) is 11.6. The van der Waals surface area contributed by atoms with E-state index in [1.165, 1.54) is 18.4 Å². The molecule has 2 unspecified atom stereocenters. The summed E-state index contributed by atoms with van der Waals surface area (Å²) >= 11 is 0. The molecule has 1 aromatic heterocycles. The number of hydrogen-bond donors (Lipinski definition) is 2. The van der Waals surface area contributed by atoms with E-state index in [-0.39, 0.29) is 11.8 Å². The van der Waals surface area contributed by atoms with E-state index in [0.29, 0.717) is 12.2 Å². The molecule has 8 rings (SSSR count). The van der Waals surface area contributed by atoms with Crippen molar-refractivity contribution in [2.45, 2.75) is 55.3 Å². The highest BCUT2D eigenvalue weighted by atomic mass is 16.5. The van der Waals surface area contributed by atoms with E-state index in [9.17, 15) is 10.2 Å². The van der Waals surface area contributed by atoms with Crippen LogP contribution in [0.5, 0.6) is 11.5 Å². The first-order chi connectivity index (χ1) is 15.1. The summed E-state index contributed by atoms with van der Waals surface area (Å²) in [5, 5.41) is 24.5. The van der Waals surface area contributed by atoms with Gasteiger partial charge >= 0.3 is 0 Å². The van der Waals surface area contributed by atoms with Gasteiger partial charge in [0.1, 0.15) is 11.3 Å². The van der Waals surface area contributed by atoms with Crippen molar-refractivity contribution in [3.8, 4) is 11.5 Å². The van der Waals surface area contributed by atoms with E-state index >= 15 is 0 Å². The monoisotopic (exact) mass is 415 g/mol. The first-order valence-electron chi connectivity index (χ1n) is 11.6. The van der Waals surface area contributed by atoms with Gasteiger partial charge in [-0.15, -0.1) is 0 Å². The Morgan fingerprint density at radius 3 is 2.87 bits per heavy atom. The molecule has 2 aromatic carbocycles. The standard InChI is InChI=1S/C26H25NO4/c28-18-8-7-15-11-20-26(29)12-17-16-3-1-2-4-19(16)30-22(17)24-25(26,21(15)23(18)31-24)9-10-27(20)13-14-5-6-14/h1-4,7-8,14,20,24,28-29H,5-6,9-13H2/t20?,24-,25?,26+/m0/s1. The SMILES string of the molecule is Oc1ccc2c3c1O[C@H]1c4oc5ccccc5c4C[C@@]4(O)C(C2)N(CC2CC2)CCC314. The summed E-state index contributed by atoms with van der Waals surface area (Å²) in [6.07, 6.45) is 4.40. The summed E-state index contributed by atoms with van der Waals surface area (Å²) in [6.45, 7) is 2.03. The van der Waals surface area contributed by atoms with Crippen molar-refractivity contribution >= 4 is 11.0 Å². The van der Waals surface area contributed by atoms with Gasteiger partial charge in [0.15, 0.2) is 17.6 Å². The number of benzene rings is 2. The van der Waals surface area contributed by atoms with Gasteiger partial charge in [-0.3, -0.25) is 4.90 Å². The van der Waals surface area contributed by atoms with E-state index in [1.807, 2.05) is 24.3 Å². The Hall–Kier alpha value is -2.50. The molecule has 0 radical (unpaired) electrons. The molecule has 3 heterocycles.